The van der Waals surface area contributed by atoms with Crippen molar-refractivity contribution in [1.29, 1.82) is 0 Å². The van der Waals surface area contributed by atoms with E-state index in [-0.39, 0.29) is 18.7 Å². The minimum absolute atomic E-state index is 0.103. The summed E-state index contributed by atoms with van der Waals surface area (Å²) >= 11 is 0. The van der Waals surface area contributed by atoms with Gasteiger partial charge < -0.3 is 19.2 Å². The maximum absolute atomic E-state index is 13.2. The summed E-state index contributed by atoms with van der Waals surface area (Å²) in [5.41, 5.74) is 0.635. The number of hydrogen-bond acceptors (Lipinski definition) is 4. The number of ether oxygens (including phenoxy) is 1. The van der Waals surface area contributed by atoms with Crippen LogP contribution in [0.5, 0.6) is 0 Å². The predicted octanol–water partition coefficient (Wildman–Crippen LogP) is 0.815. The Bertz CT molecular complexity index is 499. The molecule has 1 aromatic heterocycles. The molecule has 0 aliphatic heterocycles. The van der Waals surface area contributed by atoms with Crippen LogP contribution in [0.3, 0.4) is 0 Å². The highest BCUT2D eigenvalue weighted by Gasteiger charge is 2.13. The quantitative estimate of drug-likeness (QED) is 0.771. The highest BCUT2D eigenvalue weighted by atomic mass is 19.1. The Morgan fingerprint density at radius 1 is 1.22 bits per heavy atom. The van der Waals surface area contributed by atoms with Crippen molar-refractivity contribution in [3.63, 3.8) is 0 Å². The van der Waals surface area contributed by atoms with Gasteiger partial charge >= 0.3 is 7.12 Å². The van der Waals surface area contributed by atoms with Gasteiger partial charge in [-0.05, 0) is 35.3 Å². The molecule has 0 bridgehead atoms. The van der Waals surface area contributed by atoms with Gasteiger partial charge in [0.2, 0.25) is 0 Å². The van der Waals surface area contributed by atoms with E-state index in [9.17, 15) is 4.39 Å². The van der Waals surface area contributed by atoms with E-state index in [0.29, 0.717) is 11.3 Å². The van der Waals surface area contributed by atoms with E-state index in [2.05, 4.69) is 0 Å². The summed E-state index contributed by atoms with van der Waals surface area (Å²) in [7, 11) is -1.69. The van der Waals surface area contributed by atoms with Gasteiger partial charge in [-0.1, -0.05) is 6.07 Å². The highest BCUT2D eigenvalue weighted by molar-refractivity contribution is 6.58. The van der Waals surface area contributed by atoms with Crippen LogP contribution < -0.4 is 5.46 Å². The van der Waals surface area contributed by atoms with E-state index in [0.717, 1.165) is 6.07 Å². The Hall–Kier alpha value is -1.63. The van der Waals surface area contributed by atoms with Crippen molar-refractivity contribution in [2.45, 2.75) is 13.2 Å². The number of hydrogen-bond donors (Lipinski definition) is 2. The van der Waals surface area contributed by atoms with E-state index in [1.54, 1.807) is 18.4 Å². The Morgan fingerprint density at radius 2 is 2.06 bits per heavy atom. The van der Waals surface area contributed by atoms with E-state index >= 15 is 0 Å². The smallest absolute Gasteiger partial charge is 0.467 e. The number of benzene rings is 1. The van der Waals surface area contributed by atoms with Gasteiger partial charge in [0.15, 0.2) is 0 Å². The van der Waals surface area contributed by atoms with Gasteiger partial charge in [-0.25, -0.2) is 4.39 Å². The number of rotatable bonds is 5. The molecule has 2 N–H and O–H groups in total. The van der Waals surface area contributed by atoms with Crippen LogP contribution in [-0.2, 0) is 18.0 Å². The first-order valence-corrected chi connectivity index (χ1v) is 5.41. The Kier molecular flexibility index (Phi) is 4.14. The third-order valence-corrected chi connectivity index (χ3v) is 2.37. The molecule has 0 saturated heterocycles. The van der Waals surface area contributed by atoms with Crippen LogP contribution in [0.1, 0.15) is 11.3 Å². The molecule has 2 aromatic rings. The van der Waals surface area contributed by atoms with E-state index in [4.69, 9.17) is 19.2 Å². The minimum Gasteiger partial charge on any atom is -0.467 e. The van der Waals surface area contributed by atoms with Crippen LogP contribution in [0.4, 0.5) is 4.39 Å². The molecule has 1 heterocycles. The monoisotopic (exact) mass is 250 g/mol. The van der Waals surface area contributed by atoms with Crippen LogP contribution in [0, 0.1) is 5.82 Å². The van der Waals surface area contributed by atoms with Crippen molar-refractivity contribution < 1.29 is 23.6 Å². The highest BCUT2D eigenvalue weighted by Crippen LogP contribution is 2.07. The van der Waals surface area contributed by atoms with Crippen LogP contribution >= 0.6 is 0 Å². The van der Waals surface area contributed by atoms with Gasteiger partial charge in [-0.15, -0.1) is 0 Å². The fraction of sp³-hybridized carbons (Fsp3) is 0.167. The molecule has 0 radical (unpaired) electrons. The predicted molar refractivity (Wildman–Crippen MR) is 63.4 cm³/mol. The second-order valence-corrected chi connectivity index (χ2v) is 3.84. The molecule has 0 aliphatic carbocycles. The lowest BCUT2D eigenvalue weighted by Gasteiger charge is -2.06. The van der Waals surface area contributed by atoms with Gasteiger partial charge in [-0.2, -0.15) is 0 Å². The lowest BCUT2D eigenvalue weighted by atomic mass is 9.79. The van der Waals surface area contributed by atoms with Crippen molar-refractivity contribution in [3.05, 3.63) is 53.7 Å². The SMILES string of the molecule is OB(O)c1cc(F)cc(COCc2ccco2)c1. The van der Waals surface area contributed by atoms with Crippen molar-refractivity contribution in [3.8, 4) is 0 Å². The summed E-state index contributed by atoms with van der Waals surface area (Å²) in [6.07, 6.45) is 1.54. The Labute approximate surface area is 104 Å². The van der Waals surface area contributed by atoms with Crippen LogP contribution in [0.25, 0.3) is 0 Å². The molecule has 6 heteroatoms. The molecular formula is C12H12BFO4. The fourth-order valence-corrected chi connectivity index (χ4v) is 1.57. The van der Waals surface area contributed by atoms with Crippen molar-refractivity contribution >= 4 is 12.6 Å². The molecule has 1 aromatic carbocycles. The molecule has 0 saturated carbocycles. The van der Waals surface area contributed by atoms with Gasteiger partial charge in [0.25, 0.3) is 0 Å². The molecule has 0 fully saturated rings. The van der Waals surface area contributed by atoms with Crippen molar-refractivity contribution in [2.24, 2.45) is 0 Å². The zero-order valence-electron chi connectivity index (χ0n) is 9.54. The lowest BCUT2D eigenvalue weighted by molar-refractivity contribution is 0.0928. The number of furan rings is 1. The van der Waals surface area contributed by atoms with Crippen LogP contribution in [0.2, 0.25) is 0 Å². The second kappa shape index (κ2) is 5.81. The molecule has 0 atom stereocenters. The lowest BCUT2D eigenvalue weighted by Crippen LogP contribution is -2.30. The summed E-state index contributed by atoms with van der Waals surface area (Å²) in [5.74, 6) is 0.144. The molecule has 0 spiro atoms. The van der Waals surface area contributed by atoms with Gasteiger partial charge in [0, 0.05) is 0 Å². The summed E-state index contributed by atoms with van der Waals surface area (Å²) in [6, 6.07) is 7.36. The first-order chi connectivity index (χ1) is 8.65. The van der Waals surface area contributed by atoms with Gasteiger partial charge in [0.05, 0.1) is 12.9 Å². The third-order valence-electron chi connectivity index (χ3n) is 2.37. The topological polar surface area (TPSA) is 62.8 Å². The zero-order valence-corrected chi connectivity index (χ0v) is 9.54. The largest absolute Gasteiger partial charge is 0.488 e. The molecule has 0 amide bonds. The van der Waals surface area contributed by atoms with Crippen molar-refractivity contribution in [2.75, 3.05) is 0 Å². The van der Waals surface area contributed by atoms with Crippen LogP contribution in [-0.4, -0.2) is 17.2 Å². The average molecular weight is 250 g/mol. The van der Waals surface area contributed by atoms with Gasteiger partial charge in [0.1, 0.15) is 18.2 Å². The minimum atomic E-state index is -1.69. The standard InChI is InChI=1S/C12H12BFO4/c14-11-5-9(4-10(6-11)13(15)16)7-17-8-12-2-1-3-18-12/h1-6,15-16H,7-8H2. The first-order valence-electron chi connectivity index (χ1n) is 5.41. The maximum atomic E-state index is 13.2. The Morgan fingerprint density at radius 3 is 2.72 bits per heavy atom. The second-order valence-electron chi connectivity index (χ2n) is 3.84. The van der Waals surface area contributed by atoms with Crippen LogP contribution in [0.15, 0.2) is 41.0 Å². The molecule has 0 aliphatic rings. The molecule has 2 rings (SSSR count). The number of halogens is 1. The van der Waals surface area contributed by atoms with E-state index in [1.807, 2.05) is 0 Å². The summed E-state index contributed by atoms with van der Waals surface area (Å²) in [4.78, 5) is 0. The molecular weight excluding hydrogens is 238 g/mol. The van der Waals surface area contributed by atoms with Gasteiger partial charge in [-0.3, -0.25) is 0 Å². The van der Waals surface area contributed by atoms with Crippen molar-refractivity contribution in [1.82, 2.24) is 0 Å². The molecule has 0 unspecified atom stereocenters. The normalized spacial score (nSPS) is 10.6. The summed E-state index contributed by atoms with van der Waals surface area (Å²) in [5, 5.41) is 18.0. The molecule has 4 nitrogen and oxygen atoms in total. The van der Waals surface area contributed by atoms with E-state index in [1.165, 1.54) is 12.1 Å². The third kappa shape index (κ3) is 3.43. The van der Waals surface area contributed by atoms with E-state index < -0.39 is 12.9 Å². The molecule has 94 valence electrons. The summed E-state index contributed by atoms with van der Waals surface area (Å²) < 4.78 is 23.6. The first kappa shape index (κ1) is 12.8. The fourth-order valence-electron chi connectivity index (χ4n) is 1.57. The summed E-state index contributed by atoms with van der Waals surface area (Å²) in [6.45, 7) is 0.443. The average Bonchev–Trinajstić information content (AvgIpc) is 2.81. The maximum Gasteiger partial charge on any atom is 0.488 e. The zero-order chi connectivity index (χ0) is 13.0. The Balaban J connectivity index is 1.96. The molecule has 18 heavy (non-hydrogen) atoms.